The van der Waals surface area contributed by atoms with E-state index in [9.17, 15) is 4.79 Å². The molecule has 1 unspecified atom stereocenters. The average Bonchev–Trinajstić information content (AvgIpc) is 2.74. The van der Waals surface area contributed by atoms with Crippen molar-refractivity contribution >= 4 is 14.3 Å². The fourth-order valence-electron chi connectivity index (χ4n) is 4.47. The van der Waals surface area contributed by atoms with Crippen molar-refractivity contribution in [2.24, 2.45) is 11.8 Å². The summed E-state index contributed by atoms with van der Waals surface area (Å²) in [7, 11) is -0.348. The summed E-state index contributed by atoms with van der Waals surface area (Å²) in [5, 5.41) is 0. The Bertz CT molecular complexity index is 594. The number of benzene rings is 1. The van der Waals surface area contributed by atoms with Crippen LogP contribution < -0.4 is 0 Å². The molecule has 4 nitrogen and oxygen atoms in total. The van der Waals surface area contributed by atoms with E-state index in [4.69, 9.17) is 13.9 Å². The van der Waals surface area contributed by atoms with Crippen LogP contribution in [0.3, 0.4) is 0 Å². The quantitative estimate of drug-likeness (QED) is 0.416. The van der Waals surface area contributed by atoms with Gasteiger partial charge in [-0.1, -0.05) is 65.0 Å². The minimum Gasteiger partial charge on any atom is -0.467 e. The molecular weight excluding hydrogens is 368 g/mol. The second-order valence-corrected chi connectivity index (χ2v) is 12.9. The van der Waals surface area contributed by atoms with Gasteiger partial charge in [0.1, 0.15) is 0 Å². The summed E-state index contributed by atoms with van der Waals surface area (Å²) in [5.74, 6) is -0.0439. The fraction of sp³-hybridized carbons (Fsp3) is 0.696. The number of rotatable bonds is 9. The highest BCUT2D eigenvalue weighted by Crippen LogP contribution is 2.38. The van der Waals surface area contributed by atoms with Crippen LogP contribution in [0, 0.1) is 11.8 Å². The Labute approximate surface area is 172 Å². The molecule has 1 aromatic carbocycles. The Morgan fingerprint density at radius 2 is 1.64 bits per heavy atom. The summed E-state index contributed by atoms with van der Waals surface area (Å²) in [6, 6.07) is 13.8. The van der Waals surface area contributed by atoms with Crippen molar-refractivity contribution in [3.63, 3.8) is 0 Å². The molecule has 1 saturated heterocycles. The van der Waals surface area contributed by atoms with E-state index in [2.05, 4.69) is 58.9 Å². The highest BCUT2D eigenvalue weighted by molar-refractivity contribution is 6.73. The van der Waals surface area contributed by atoms with Crippen molar-refractivity contribution in [1.29, 1.82) is 0 Å². The van der Waals surface area contributed by atoms with Gasteiger partial charge in [-0.3, -0.25) is 0 Å². The van der Waals surface area contributed by atoms with Gasteiger partial charge < -0.3 is 13.9 Å². The van der Waals surface area contributed by atoms with Crippen molar-refractivity contribution < 1.29 is 18.7 Å². The Balaban J connectivity index is 2.22. The number of ether oxygens (including phenoxy) is 2. The number of esters is 1. The van der Waals surface area contributed by atoms with Gasteiger partial charge in [0.25, 0.3) is 0 Å². The van der Waals surface area contributed by atoms with Crippen LogP contribution in [0.25, 0.3) is 0 Å². The molecule has 1 aliphatic heterocycles. The van der Waals surface area contributed by atoms with Gasteiger partial charge in [-0.15, -0.1) is 0 Å². The van der Waals surface area contributed by atoms with Crippen LogP contribution in [-0.2, 0) is 25.1 Å². The third-order valence-corrected chi connectivity index (χ3v) is 11.4. The molecule has 0 saturated carbocycles. The number of hydrogen-bond donors (Lipinski definition) is 0. The molecule has 2 rings (SSSR count). The summed E-state index contributed by atoms with van der Waals surface area (Å²) in [4.78, 5) is 12.4. The minimum absolute atomic E-state index is 0.00745. The molecule has 158 valence electrons. The zero-order valence-electron chi connectivity index (χ0n) is 18.4. The SMILES string of the molecule is CC[Si](CC)(CC)OC1[C@@H](C)[C@@H](C(=O)OC)O[C@@H](CCc2ccccc2)[C@H]1C. The lowest BCUT2D eigenvalue weighted by atomic mass is 9.81. The van der Waals surface area contributed by atoms with Crippen LogP contribution in [0.5, 0.6) is 0 Å². The van der Waals surface area contributed by atoms with Crippen molar-refractivity contribution in [3.05, 3.63) is 35.9 Å². The van der Waals surface area contributed by atoms with Crippen LogP contribution in [0.2, 0.25) is 18.1 Å². The maximum Gasteiger partial charge on any atom is 0.335 e. The summed E-state index contributed by atoms with van der Waals surface area (Å²) in [6.45, 7) is 11.1. The Hall–Kier alpha value is -1.17. The van der Waals surface area contributed by atoms with Crippen molar-refractivity contribution in [2.75, 3.05) is 7.11 Å². The van der Waals surface area contributed by atoms with Gasteiger partial charge in [0.15, 0.2) is 14.4 Å². The van der Waals surface area contributed by atoms with E-state index in [1.165, 1.54) is 12.7 Å². The van der Waals surface area contributed by atoms with E-state index in [0.717, 1.165) is 31.0 Å². The third kappa shape index (κ3) is 5.25. The van der Waals surface area contributed by atoms with E-state index in [0.29, 0.717) is 0 Å². The molecule has 0 bridgehead atoms. The summed E-state index contributed by atoms with van der Waals surface area (Å²) >= 11 is 0. The van der Waals surface area contributed by atoms with E-state index < -0.39 is 14.4 Å². The number of hydrogen-bond acceptors (Lipinski definition) is 4. The third-order valence-electron chi connectivity index (χ3n) is 6.73. The molecule has 5 atom stereocenters. The van der Waals surface area contributed by atoms with Crippen molar-refractivity contribution in [1.82, 2.24) is 0 Å². The first-order chi connectivity index (χ1) is 13.4. The lowest BCUT2D eigenvalue weighted by molar-refractivity contribution is -0.191. The Morgan fingerprint density at radius 1 is 1.04 bits per heavy atom. The molecule has 0 N–H and O–H groups in total. The number of carbonyl (C=O) groups excluding carboxylic acids is 1. The Kier molecular flexibility index (Phi) is 8.72. The monoisotopic (exact) mass is 406 g/mol. The smallest absolute Gasteiger partial charge is 0.335 e. The van der Waals surface area contributed by atoms with Crippen LogP contribution in [0.1, 0.15) is 46.6 Å². The molecule has 0 aromatic heterocycles. The predicted octanol–water partition coefficient (Wildman–Crippen LogP) is 5.22. The molecule has 0 spiro atoms. The molecule has 1 aliphatic rings. The second-order valence-electron chi connectivity index (χ2n) is 8.19. The summed E-state index contributed by atoms with van der Waals surface area (Å²) < 4.78 is 18.3. The van der Waals surface area contributed by atoms with Gasteiger partial charge in [-0.05, 0) is 36.5 Å². The van der Waals surface area contributed by atoms with Gasteiger partial charge in [0.05, 0.1) is 19.3 Å². The Morgan fingerprint density at radius 3 is 2.18 bits per heavy atom. The lowest BCUT2D eigenvalue weighted by Gasteiger charge is -2.47. The maximum atomic E-state index is 12.4. The molecule has 0 aliphatic carbocycles. The second kappa shape index (κ2) is 10.6. The van der Waals surface area contributed by atoms with Crippen molar-refractivity contribution in [2.45, 2.75) is 83.9 Å². The van der Waals surface area contributed by atoms with Crippen LogP contribution in [0.4, 0.5) is 0 Å². The lowest BCUT2D eigenvalue weighted by Crippen LogP contribution is -2.56. The van der Waals surface area contributed by atoms with Crippen LogP contribution >= 0.6 is 0 Å². The van der Waals surface area contributed by atoms with Crippen molar-refractivity contribution in [3.8, 4) is 0 Å². The topological polar surface area (TPSA) is 44.8 Å². The zero-order valence-corrected chi connectivity index (χ0v) is 19.4. The van der Waals surface area contributed by atoms with Gasteiger partial charge >= 0.3 is 5.97 Å². The molecule has 0 radical (unpaired) electrons. The standard InChI is InChI=1S/C23H38O4Si/c1-7-28(8-2,9-3)27-21-17(4)20(16-15-19-13-11-10-12-14-19)26-22(18(21)5)23(24)25-6/h10-14,17-18,20-22H,7-9,15-16H2,1-6H3/t17-,18-,20+,21?,22+/m1/s1. The van der Waals surface area contributed by atoms with E-state index >= 15 is 0 Å². The van der Waals surface area contributed by atoms with E-state index in [1.54, 1.807) is 0 Å². The number of aryl methyl sites for hydroxylation is 1. The molecule has 1 fully saturated rings. The van der Waals surface area contributed by atoms with E-state index in [-0.39, 0.29) is 30.0 Å². The minimum atomic E-state index is -1.79. The largest absolute Gasteiger partial charge is 0.467 e. The first kappa shape index (κ1) is 23.1. The predicted molar refractivity (Wildman–Crippen MR) is 116 cm³/mol. The van der Waals surface area contributed by atoms with Gasteiger partial charge in [-0.25, -0.2) is 4.79 Å². The number of carbonyl (C=O) groups is 1. The first-order valence-corrected chi connectivity index (χ1v) is 13.4. The van der Waals surface area contributed by atoms with Crippen LogP contribution in [-0.4, -0.2) is 39.7 Å². The summed E-state index contributed by atoms with van der Waals surface area (Å²) in [6.07, 6.45) is 1.28. The molecular formula is C23H38O4Si. The molecule has 0 amide bonds. The molecule has 1 aromatic rings. The van der Waals surface area contributed by atoms with Gasteiger partial charge in [-0.2, -0.15) is 0 Å². The average molecular weight is 407 g/mol. The molecule has 5 heteroatoms. The van der Waals surface area contributed by atoms with Gasteiger partial charge in [0.2, 0.25) is 0 Å². The molecule has 28 heavy (non-hydrogen) atoms. The van der Waals surface area contributed by atoms with Crippen LogP contribution in [0.15, 0.2) is 30.3 Å². The highest BCUT2D eigenvalue weighted by atomic mass is 28.4. The zero-order chi connectivity index (χ0) is 20.7. The normalized spacial score (nSPS) is 28.1. The van der Waals surface area contributed by atoms with E-state index in [1.807, 2.05) is 6.07 Å². The first-order valence-electron chi connectivity index (χ1n) is 10.9. The van der Waals surface area contributed by atoms with Gasteiger partial charge in [0, 0.05) is 11.8 Å². The number of methoxy groups -OCH3 is 1. The maximum absolute atomic E-state index is 12.4. The highest BCUT2D eigenvalue weighted by Gasteiger charge is 2.48. The molecule has 1 heterocycles. The summed E-state index contributed by atoms with van der Waals surface area (Å²) in [5.41, 5.74) is 1.29. The fourth-order valence-corrected chi connectivity index (χ4v) is 7.48.